The van der Waals surface area contributed by atoms with E-state index in [4.69, 9.17) is 11.0 Å². The van der Waals surface area contributed by atoms with Gasteiger partial charge in [-0.3, -0.25) is 4.90 Å². The largest absolute Gasteiger partial charge is 0.329 e. The average Bonchev–Trinajstić information content (AvgIpc) is 2.20. The lowest BCUT2D eigenvalue weighted by Gasteiger charge is -2.37. The van der Waals surface area contributed by atoms with Crippen LogP contribution in [0.1, 0.15) is 32.6 Å². The van der Waals surface area contributed by atoms with Gasteiger partial charge in [0.25, 0.3) is 0 Å². The fourth-order valence-electron chi connectivity index (χ4n) is 2.09. The first-order chi connectivity index (χ1) is 6.33. The lowest BCUT2D eigenvalue weighted by molar-refractivity contribution is 0.122. The van der Waals surface area contributed by atoms with E-state index in [1.165, 1.54) is 12.8 Å². The minimum Gasteiger partial charge on any atom is -0.329 e. The van der Waals surface area contributed by atoms with Gasteiger partial charge in [0.2, 0.25) is 0 Å². The van der Waals surface area contributed by atoms with Crippen LogP contribution in [0.25, 0.3) is 0 Å². The van der Waals surface area contributed by atoms with Crippen LogP contribution in [-0.4, -0.2) is 30.1 Å². The van der Waals surface area contributed by atoms with Crippen LogP contribution in [0.15, 0.2) is 0 Å². The summed E-state index contributed by atoms with van der Waals surface area (Å²) in [6, 6.07) is 2.88. The molecule has 1 heterocycles. The third kappa shape index (κ3) is 2.43. The molecule has 0 aromatic carbocycles. The van der Waals surface area contributed by atoms with Gasteiger partial charge in [-0.15, -0.1) is 0 Å². The summed E-state index contributed by atoms with van der Waals surface area (Å²) in [6.45, 7) is 3.81. The molecule has 0 bridgehead atoms. The average molecular weight is 181 g/mol. The molecule has 0 aliphatic carbocycles. The van der Waals surface area contributed by atoms with E-state index in [1.54, 1.807) is 0 Å². The zero-order chi connectivity index (χ0) is 9.68. The number of nitrogens with zero attached hydrogens (tertiary/aromatic N) is 2. The summed E-state index contributed by atoms with van der Waals surface area (Å²) in [5, 5.41) is 8.96. The molecule has 0 amide bonds. The summed E-state index contributed by atoms with van der Waals surface area (Å²) in [7, 11) is 0. The molecular weight excluding hydrogens is 162 g/mol. The molecule has 0 radical (unpaired) electrons. The van der Waals surface area contributed by atoms with Gasteiger partial charge in [-0.1, -0.05) is 13.3 Å². The summed E-state index contributed by atoms with van der Waals surface area (Å²) in [5.41, 5.74) is 5.69. The lowest BCUT2D eigenvalue weighted by Crippen LogP contribution is -2.48. The van der Waals surface area contributed by atoms with E-state index in [1.807, 2.05) is 0 Å². The van der Waals surface area contributed by atoms with E-state index in [0.29, 0.717) is 12.6 Å². The fourth-order valence-corrected chi connectivity index (χ4v) is 2.09. The summed E-state index contributed by atoms with van der Waals surface area (Å²) >= 11 is 0. The van der Waals surface area contributed by atoms with Gasteiger partial charge in [0.1, 0.15) is 0 Å². The molecule has 2 atom stereocenters. The number of nitrogens with two attached hydrogens (primary N) is 1. The van der Waals surface area contributed by atoms with E-state index < -0.39 is 0 Å². The quantitative estimate of drug-likeness (QED) is 0.709. The molecule has 1 rings (SSSR count). The maximum Gasteiger partial charge on any atom is 0.0978 e. The number of piperidine rings is 1. The molecule has 13 heavy (non-hydrogen) atoms. The van der Waals surface area contributed by atoms with Crippen molar-refractivity contribution in [2.24, 2.45) is 5.73 Å². The van der Waals surface area contributed by atoms with Crippen molar-refractivity contribution in [2.75, 3.05) is 13.1 Å². The van der Waals surface area contributed by atoms with Gasteiger partial charge in [0.05, 0.1) is 12.1 Å². The van der Waals surface area contributed by atoms with Crippen molar-refractivity contribution in [3.05, 3.63) is 0 Å². The predicted molar refractivity (Wildman–Crippen MR) is 53.1 cm³/mol. The minimum absolute atomic E-state index is 0.0776. The Bertz CT molecular complexity index is 185. The number of hydrogen-bond acceptors (Lipinski definition) is 3. The van der Waals surface area contributed by atoms with Gasteiger partial charge < -0.3 is 5.73 Å². The third-order valence-corrected chi connectivity index (χ3v) is 2.88. The number of likely N-dealkylation sites (tertiary alicyclic amines) is 1. The smallest absolute Gasteiger partial charge is 0.0978 e. The van der Waals surface area contributed by atoms with E-state index in [2.05, 4.69) is 17.9 Å². The Morgan fingerprint density at radius 2 is 2.38 bits per heavy atom. The van der Waals surface area contributed by atoms with E-state index >= 15 is 0 Å². The summed E-state index contributed by atoms with van der Waals surface area (Å²) in [6.07, 6.45) is 4.55. The van der Waals surface area contributed by atoms with Crippen molar-refractivity contribution >= 4 is 0 Å². The Hall–Kier alpha value is -0.590. The number of rotatable bonds is 3. The monoisotopic (exact) mass is 181 g/mol. The molecule has 3 nitrogen and oxygen atoms in total. The van der Waals surface area contributed by atoms with Gasteiger partial charge >= 0.3 is 0 Å². The van der Waals surface area contributed by atoms with Gasteiger partial charge in [0, 0.05) is 12.6 Å². The molecule has 1 aliphatic rings. The molecule has 3 heteroatoms. The van der Waals surface area contributed by atoms with Crippen LogP contribution in [0.3, 0.4) is 0 Å². The molecule has 1 fully saturated rings. The second-order valence-electron chi connectivity index (χ2n) is 3.68. The number of hydrogen-bond donors (Lipinski definition) is 1. The van der Waals surface area contributed by atoms with Crippen LogP contribution >= 0.6 is 0 Å². The Balaban J connectivity index is 2.58. The third-order valence-electron chi connectivity index (χ3n) is 2.88. The molecule has 2 unspecified atom stereocenters. The maximum absolute atomic E-state index is 8.96. The minimum atomic E-state index is 0.0776. The van der Waals surface area contributed by atoms with E-state index in [-0.39, 0.29) is 6.04 Å². The first-order valence-corrected chi connectivity index (χ1v) is 5.19. The van der Waals surface area contributed by atoms with Gasteiger partial charge in [0.15, 0.2) is 0 Å². The first kappa shape index (κ1) is 10.5. The zero-order valence-corrected chi connectivity index (χ0v) is 8.37. The van der Waals surface area contributed by atoms with Crippen molar-refractivity contribution in [2.45, 2.75) is 44.7 Å². The highest BCUT2D eigenvalue weighted by molar-refractivity contribution is 4.95. The van der Waals surface area contributed by atoms with Crippen LogP contribution in [0.4, 0.5) is 0 Å². The fraction of sp³-hybridized carbons (Fsp3) is 0.900. The Kier molecular flexibility index (Phi) is 4.20. The van der Waals surface area contributed by atoms with Crippen LogP contribution in [0.2, 0.25) is 0 Å². The number of nitriles is 1. The van der Waals surface area contributed by atoms with Crippen molar-refractivity contribution in [1.82, 2.24) is 4.90 Å². The van der Waals surface area contributed by atoms with Gasteiger partial charge in [-0.25, -0.2) is 0 Å². The molecule has 0 spiro atoms. The first-order valence-electron chi connectivity index (χ1n) is 5.19. The second-order valence-corrected chi connectivity index (χ2v) is 3.68. The lowest BCUT2D eigenvalue weighted by atomic mass is 9.99. The summed E-state index contributed by atoms with van der Waals surface area (Å²) < 4.78 is 0. The molecule has 1 saturated heterocycles. The highest BCUT2D eigenvalue weighted by atomic mass is 15.2. The van der Waals surface area contributed by atoms with Gasteiger partial charge in [-0.05, 0) is 25.8 Å². The standard InChI is InChI=1S/C10H19N3/c1-2-9(7-11)13-6-4-3-5-10(13)8-12/h9-10H,2-6,8,12H2,1H3. The van der Waals surface area contributed by atoms with E-state index in [0.717, 1.165) is 19.4 Å². The van der Waals surface area contributed by atoms with Crippen molar-refractivity contribution in [1.29, 1.82) is 5.26 Å². The second kappa shape index (κ2) is 5.21. The Morgan fingerprint density at radius 3 is 2.92 bits per heavy atom. The van der Waals surface area contributed by atoms with Crippen LogP contribution in [-0.2, 0) is 0 Å². The van der Waals surface area contributed by atoms with Crippen LogP contribution < -0.4 is 5.73 Å². The predicted octanol–water partition coefficient (Wildman–Crippen LogP) is 1.10. The highest BCUT2D eigenvalue weighted by Gasteiger charge is 2.26. The van der Waals surface area contributed by atoms with Crippen molar-refractivity contribution in [3.8, 4) is 6.07 Å². The molecule has 74 valence electrons. The normalized spacial score (nSPS) is 26.7. The Labute approximate surface area is 80.5 Å². The van der Waals surface area contributed by atoms with Crippen LogP contribution in [0, 0.1) is 11.3 Å². The molecule has 2 N–H and O–H groups in total. The SMILES string of the molecule is CCC(C#N)N1CCCCC1CN. The van der Waals surface area contributed by atoms with Crippen molar-refractivity contribution in [3.63, 3.8) is 0 Å². The molecule has 0 saturated carbocycles. The topological polar surface area (TPSA) is 53.0 Å². The van der Waals surface area contributed by atoms with Crippen molar-refractivity contribution < 1.29 is 0 Å². The zero-order valence-electron chi connectivity index (χ0n) is 8.37. The summed E-state index contributed by atoms with van der Waals surface area (Å²) in [4.78, 5) is 2.28. The summed E-state index contributed by atoms with van der Waals surface area (Å²) in [5.74, 6) is 0. The molecule has 1 aliphatic heterocycles. The molecule has 0 aromatic heterocycles. The van der Waals surface area contributed by atoms with Gasteiger partial charge in [-0.2, -0.15) is 5.26 Å². The van der Waals surface area contributed by atoms with E-state index in [9.17, 15) is 0 Å². The molecule has 0 aromatic rings. The maximum atomic E-state index is 8.96. The highest BCUT2D eigenvalue weighted by Crippen LogP contribution is 2.19. The Morgan fingerprint density at radius 1 is 1.62 bits per heavy atom. The molecular formula is C10H19N3. The van der Waals surface area contributed by atoms with Crippen LogP contribution in [0.5, 0.6) is 0 Å².